The third-order valence-corrected chi connectivity index (χ3v) is 5.61. The van der Waals surface area contributed by atoms with Gasteiger partial charge in [-0.3, -0.25) is 13.9 Å². The molecule has 2 heterocycles. The lowest BCUT2D eigenvalue weighted by Gasteiger charge is -2.15. The number of aromatic nitrogens is 4. The molecule has 0 saturated carbocycles. The molecular formula is C23H22ClFN6O4. The van der Waals surface area contributed by atoms with Gasteiger partial charge in [-0.15, -0.1) is 0 Å². The van der Waals surface area contributed by atoms with Crippen LogP contribution in [0.15, 0.2) is 63.2 Å². The number of fused-ring (bicyclic) bond motifs is 1. The van der Waals surface area contributed by atoms with E-state index in [1.54, 1.807) is 24.3 Å². The second-order valence-electron chi connectivity index (χ2n) is 7.71. The summed E-state index contributed by atoms with van der Waals surface area (Å²) >= 11 is 6.03. The van der Waals surface area contributed by atoms with E-state index in [4.69, 9.17) is 16.3 Å². The number of ether oxygens (including phenoxy) is 1. The van der Waals surface area contributed by atoms with E-state index in [0.717, 1.165) is 4.57 Å². The van der Waals surface area contributed by atoms with Crippen LogP contribution in [-0.2, 0) is 20.6 Å². The largest absolute Gasteiger partial charge is 0.491 e. The molecule has 0 aliphatic rings. The van der Waals surface area contributed by atoms with Gasteiger partial charge >= 0.3 is 5.69 Å². The molecule has 2 N–H and O–H groups in total. The summed E-state index contributed by atoms with van der Waals surface area (Å²) in [6, 6.07) is 13.2. The average molecular weight is 501 g/mol. The number of imidazole rings is 1. The monoisotopic (exact) mass is 500 g/mol. The second-order valence-corrected chi connectivity index (χ2v) is 8.11. The van der Waals surface area contributed by atoms with Crippen LogP contribution < -0.4 is 21.4 Å². The van der Waals surface area contributed by atoms with Crippen LogP contribution in [0, 0.1) is 5.82 Å². The van der Waals surface area contributed by atoms with E-state index in [-0.39, 0.29) is 40.8 Å². The Morgan fingerprint density at radius 3 is 2.63 bits per heavy atom. The van der Waals surface area contributed by atoms with Crippen molar-refractivity contribution in [3.05, 3.63) is 85.8 Å². The fourth-order valence-corrected chi connectivity index (χ4v) is 3.68. The number of para-hydroxylation sites is 1. The fraction of sp³-hybridized carbons (Fsp3) is 0.217. The number of aryl methyl sites for hydroxylation is 1. The standard InChI is InChI=1S/C23H22ClFN6O4/c1-29-20-19(21(33)30(2)23(29)34)31(12-14(32)13-35-15-7-4-3-5-8-15)22(27-20)28-26-11-16-17(24)9-6-10-18(16)25/h3-11,14,32H,12-13H2,1-2H3,(H,27,28). The molecule has 0 radical (unpaired) electrons. The van der Waals surface area contributed by atoms with Crippen LogP contribution in [0.1, 0.15) is 5.56 Å². The Kier molecular flexibility index (Phi) is 6.99. The minimum atomic E-state index is -1.04. The number of hydrazone groups is 1. The Hall–Kier alpha value is -3.96. The van der Waals surface area contributed by atoms with Gasteiger partial charge in [0.15, 0.2) is 11.2 Å². The van der Waals surface area contributed by atoms with Crippen molar-refractivity contribution < 1.29 is 14.2 Å². The van der Waals surface area contributed by atoms with Crippen LogP contribution in [0.3, 0.4) is 0 Å². The zero-order chi connectivity index (χ0) is 25.1. The zero-order valence-corrected chi connectivity index (χ0v) is 19.6. The smallest absolute Gasteiger partial charge is 0.332 e. The van der Waals surface area contributed by atoms with Gasteiger partial charge in [0, 0.05) is 19.7 Å². The summed E-state index contributed by atoms with van der Waals surface area (Å²) in [5, 5.41) is 14.8. The van der Waals surface area contributed by atoms with Crippen LogP contribution >= 0.6 is 11.6 Å². The number of hydrogen-bond donors (Lipinski definition) is 2. The molecule has 35 heavy (non-hydrogen) atoms. The van der Waals surface area contributed by atoms with E-state index in [2.05, 4.69) is 15.5 Å². The summed E-state index contributed by atoms with van der Waals surface area (Å²) in [4.78, 5) is 29.6. The number of nitrogens with one attached hydrogen (secondary N) is 1. The number of anilines is 1. The Bertz CT molecular complexity index is 1490. The Morgan fingerprint density at radius 1 is 1.17 bits per heavy atom. The third-order valence-electron chi connectivity index (χ3n) is 5.28. The SMILES string of the molecule is Cn1c(=O)c2c(nc(NN=Cc3c(F)cccc3Cl)n2CC(O)COc2ccccc2)n(C)c1=O. The van der Waals surface area contributed by atoms with Crippen molar-refractivity contribution in [3.8, 4) is 5.75 Å². The topological polar surface area (TPSA) is 116 Å². The Labute approximate surface area is 203 Å². The first-order valence-corrected chi connectivity index (χ1v) is 10.9. The molecule has 4 rings (SSSR count). The molecule has 0 aliphatic carbocycles. The van der Waals surface area contributed by atoms with Gasteiger partial charge in [0.2, 0.25) is 5.95 Å². The number of aliphatic hydroxyl groups excluding tert-OH is 1. The maximum absolute atomic E-state index is 14.1. The van der Waals surface area contributed by atoms with Crippen molar-refractivity contribution in [2.75, 3.05) is 12.0 Å². The van der Waals surface area contributed by atoms with E-state index in [0.29, 0.717) is 5.75 Å². The predicted octanol–water partition coefficient (Wildman–Crippen LogP) is 2.11. The quantitative estimate of drug-likeness (QED) is 0.283. The van der Waals surface area contributed by atoms with Gasteiger partial charge < -0.3 is 14.4 Å². The number of hydrogen-bond acceptors (Lipinski definition) is 7. The molecule has 0 spiro atoms. The number of benzene rings is 2. The lowest BCUT2D eigenvalue weighted by molar-refractivity contribution is 0.0938. The minimum Gasteiger partial charge on any atom is -0.491 e. The summed E-state index contributed by atoms with van der Waals surface area (Å²) in [5.41, 5.74) is 1.73. The van der Waals surface area contributed by atoms with Crippen LogP contribution in [0.5, 0.6) is 5.75 Å². The second kappa shape index (κ2) is 10.1. The maximum atomic E-state index is 14.1. The van der Waals surface area contributed by atoms with Gasteiger partial charge in [0.25, 0.3) is 5.56 Å². The number of rotatable bonds is 8. The number of nitrogens with zero attached hydrogens (tertiary/aromatic N) is 5. The molecule has 182 valence electrons. The van der Waals surface area contributed by atoms with Crippen molar-refractivity contribution in [2.45, 2.75) is 12.6 Å². The van der Waals surface area contributed by atoms with Crippen LogP contribution in [-0.4, -0.2) is 42.7 Å². The van der Waals surface area contributed by atoms with E-state index in [1.807, 2.05) is 6.07 Å². The number of halogens is 2. The maximum Gasteiger partial charge on any atom is 0.332 e. The van der Waals surface area contributed by atoms with Gasteiger partial charge in [-0.25, -0.2) is 14.6 Å². The molecule has 0 fully saturated rings. The molecule has 1 atom stereocenters. The van der Waals surface area contributed by atoms with E-state index >= 15 is 0 Å². The molecule has 4 aromatic rings. The first-order valence-electron chi connectivity index (χ1n) is 10.5. The van der Waals surface area contributed by atoms with Gasteiger partial charge in [0.1, 0.15) is 24.3 Å². The lowest BCUT2D eigenvalue weighted by atomic mass is 10.2. The molecule has 0 bridgehead atoms. The van der Waals surface area contributed by atoms with Gasteiger partial charge in [-0.2, -0.15) is 10.1 Å². The third kappa shape index (κ3) is 4.96. The van der Waals surface area contributed by atoms with Crippen molar-refractivity contribution >= 4 is 34.9 Å². The molecule has 10 nitrogen and oxygen atoms in total. The minimum absolute atomic E-state index is 0.0563. The Balaban J connectivity index is 1.69. The van der Waals surface area contributed by atoms with E-state index in [9.17, 15) is 19.1 Å². The lowest BCUT2D eigenvalue weighted by Crippen LogP contribution is -2.38. The first-order chi connectivity index (χ1) is 16.8. The van der Waals surface area contributed by atoms with Gasteiger partial charge in [-0.05, 0) is 24.3 Å². The van der Waals surface area contributed by atoms with Crippen LogP contribution in [0.4, 0.5) is 10.3 Å². The molecule has 0 saturated heterocycles. The summed E-state index contributed by atoms with van der Waals surface area (Å²) in [5.74, 6) is 0.0622. The molecular weight excluding hydrogens is 479 g/mol. The van der Waals surface area contributed by atoms with Crippen LogP contribution in [0.25, 0.3) is 11.2 Å². The molecule has 0 aliphatic heterocycles. The van der Waals surface area contributed by atoms with Crippen molar-refractivity contribution in [3.63, 3.8) is 0 Å². The molecule has 12 heteroatoms. The van der Waals surface area contributed by atoms with Crippen molar-refractivity contribution in [1.82, 2.24) is 18.7 Å². The zero-order valence-electron chi connectivity index (χ0n) is 18.9. The highest BCUT2D eigenvalue weighted by Gasteiger charge is 2.21. The summed E-state index contributed by atoms with van der Waals surface area (Å²) in [6.45, 7) is -0.168. The van der Waals surface area contributed by atoms with Gasteiger partial charge in [-0.1, -0.05) is 35.9 Å². The molecule has 2 aromatic carbocycles. The predicted molar refractivity (Wildman–Crippen MR) is 131 cm³/mol. The highest BCUT2D eigenvalue weighted by atomic mass is 35.5. The van der Waals surface area contributed by atoms with Crippen molar-refractivity contribution in [2.24, 2.45) is 19.2 Å². The summed E-state index contributed by atoms with van der Waals surface area (Å²) in [7, 11) is 2.82. The molecule has 0 amide bonds. The van der Waals surface area contributed by atoms with Crippen molar-refractivity contribution in [1.29, 1.82) is 0 Å². The fourth-order valence-electron chi connectivity index (χ4n) is 3.47. The van der Waals surface area contributed by atoms with E-state index < -0.39 is 23.2 Å². The highest BCUT2D eigenvalue weighted by Crippen LogP contribution is 2.19. The summed E-state index contributed by atoms with van der Waals surface area (Å²) < 4.78 is 23.2. The average Bonchev–Trinajstić information content (AvgIpc) is 3.20. The normalized spacial score (nSPS) is 12.4. The van der Waals surface area contributed by atoms with Gasteiger partial charge in [0.05, 0.1) is 17.8 Å². The van der Waals surface area contributed by atoms with Crippen LogP contribution in [0.2, 0.25) is 5.02 Å². The number of aliphatic hydroxyl groups is 1. The Morgan fingerprint density at radius 2 is 1.91 bits per heavy atom. The summed E-state index contributed by atoms with van der Waals surface area (Å²) in [6.07, 6.45) is 0.132. The first kappa shape index (κ1) is 24.2. The molecule has 2 aromatic heterocycles. The van der Waals surface area contributed by atoms with E-state index in [1.165, 1.54) is 47.6 Å². The molecule has 1 unspecified atom stereocenters. The highest BCUT2D eigenvalue weighted by molar-refractivity contribution is 6.33.